The average Bonchev–Trinajstić information content (AvgIpc) is 2.72. The van der Waals surface area contributed by atoms with Crippen LogP contribution in [-0.4, -0.2) is 23.9 Å². The quantitative estimate of drug-likeness (QED) is 0.467. The summed E-state index contributed by atoms with van der Waals surface area (Å²) in [6, 6.07) is 1.92. The molecule has 0 spiro atoms. The van der Waals surface area contributed by atoms with Gasteiger partial charge in [0.05, 0.1) is 6.54 Å². The Bertz CT molecular complexity index is 438. The molecule has 0 bridgehead atoms. The first kappa shape index (κ1) is 14.1. The number of hydrazine groups is 1. The van der Waals surface area contributed by atoms with Gasteiger partial charge in [-0.25, -0.2) is 5.84 Å². The molecule has 2 rings (SSSR count). The van der Waals surface area contributed by atoms with Crippen LogP contribution in [0.4, 0.5) is 0 Å². The first-order valence-corrected chi connectivity index (χ1v) is 6.96. The van der Waals surface area contributed by atoms with Crippen LogP contribution < -0.4 is 11.3 Å². The third kappa shape index (κ3) is 3.36. The van der Waals surface area contributed by atoms with Crippen molar-refractivity contribution in [1.29, 1.82) is 0 Å². The number of amides is 1. The number of carbonyl (C=O) groups excluding carboxylic acids is 1. The van der Waals surface area contributed by atoms with Crippen molar-refractivity contribution in [3.63, 3.8) is 0 Å². The Morgan fingerprint density at radius 2 is 2.32 bits per heavy atom. The van der Waals surface area contributed by atoms with Crippen LogP contribution in [0.25, 0.3) is 0 Å². The van der Waals surface area contributed by atoms with E-state index in [-0.39, 0.29) is 5.91 Å². The Labute approximate surface area is 114 Å². The van der Waals surface area contributed by atoms with Crippen molar-refractivity contribution in [2.75, 3.05) is 13.1 Å². The molecular weight excluding hydrogens is 242 g/mol. The number of hydrogen-bond acceptors (Lipinski definition) is 4. The van der Waals surface area contributed by atoms with Crippen molar-refractivity contribution in [1.82, 2.24) is 10.3 Å². The number of nitrogens with two attached hydrogens (primary N) is 1. The molecule has 106 valence electrons. The fourth-order valence-corrected chi connectivity index (χ4v) is 2.48. The fourth-order valence-electron chi connectivity index (χ4n) is 2.48. The van der Waals surface area contributed by atoms with Crippen LogP contribution in [-0.2, 0) is 6.54 Å². The minimum absolute atomic E-state index is 0.317. The standard InChI is InChI=1S/C14H23N3O2/c1-3-17(8-11-5-4-6-11)9-12-7-10(2)13(19-12)14(18)16-15/h7,11H,3-6,8-9,15H2,1-2H3,(H,16,18). The van der Waals surface area contributed by atoms with Crippen LogP contribution in [0, 0.1) is 12.8 Å². The van der Waals surface area contributed by atoms with Crippen LogP contribution in [0.2, 0.25) is 0 Å². The van der Waals surface area contributed by atoms with E-state index in [4.69, 9.17) is 10.3 Å². The SMILES string of the molecule is CCN(Cc1cc(C)c(C(=O)NN)o1)CC1CCC1. The Morgan fingerprint density at radius 3 is 2.84 bits per heavy atom. The van der Waals surface area contributed by atoms with E-state index in [1.165, 1.54) is 19.3 Å². The number of aryl methyl sites for hydroxylation is 1. The van der Waals surface area contributed by atoms with E-state index in [2.05, 4.69) is 17.2 Å². The molecule has 1 heterocycles. The van der Waals surface area contributed by atoms with Gasteiger partial charge in [-0.05, 0) is 38.3 Å². The van der Waals surface area contributed by atoms with E-state index in [1.807, 2.05) is 13.0 Å². The van der Waals surface area contributed by atoms with Crippen LogP contribution in [0.3, 0.4) is 0 Å². The lowest BCUT2D eigenvalue weighted by molar-refractivity contribution is 0.0920. The Morgan fingerprint density at radius 1 is 1.58 bits per heavy atom. The van der Waals surface area contributed by atoms with Crippen LogP contribution in [0.1, 0.15) is 48.1 Å². The minimum atomic E-state index is -0.370. The first-order chi connectivity index (χ1) is 9.13. The van der Waals surface area contributed by atoms with Crippen molar-refractivity contribution in [2.45, 2.75) is 39.7 Å². The molecule has 1 fully saturated rings. The summed E-state index contributed by atoms with van der Waals surface area (Å²) in [5, 5.41) is 0. The molecule has 3 N–H and O–H groups in total. The smallest absolute Gasteiger partial charge is 0.301 e. The topological polar surface area (TPSA) is 71.5 Å². The number of carbonyl (C=O) groups is 1. The van der Waals surface area contributed by atoms with Crippen molar-refractivity contribution in [3.05, 3.63) is 23.2 Å². The number of furan rings is 1. The number of hydrogen-bond donors (Lipinski definition) is 2. The fraction of sp³-hybridized carbons (Fsp3) is 0.643. The highest BCUT2D eigenvalue weighted by Crippen LogP contribution is 2.27. The van der Waals surface area contributed by atoms with E-state index in [0.29, 0.717) is 5.76 Å². The van der Waals surface area contributed by atoms with Gasteiger partial charge in [0.1, 0.15) is 5.76 Å². The molecular formula is C14H23N3O2. The molecule has 0 aliphatic heterocycles. The zero-order chi connectivity index (χ0) is 13.8. The predicted molar refractivity (Wildman–Crippen MR) is 73.4 cm³/mol. The Hall–Kier alpha value is -1.33. The summed E-state index contributed by atoms with van der Waals surface area (Å²) in [4.78, 5) is 13.9. The number of nitrogen functional groups attached to an aromatic ring is 1. The molecule has 5 heteroatoms. The van der Waals surface area contributed by atoms with Gasteiger partial charge in [0.2, 0.25) is 0 Å². The lowest BCUT2D eigenvalue weighted by atomic mass is 9.85. The molecule has 5 nitrogen and oxygen atoms in total. The highest BCUT2D eigenvalue weighted by Gasteiger charge is 2.21. The summed E-state index contributed by atoms with van der Waals surface area (Å²) < 4.78 is 5.60. The normalized spacial score (nSPS) is 15.6. The molecule has 0 unspecified atom stereocenters. The van der Waals surface area contributed by atoms with Crippen LogP contribution in [0.5, 0.6) is 0 Å². The second-order valence-corrected chi connectivity index (χ2v) is 5.32. The second-order valence-electron chi connectivity index (χ2n) is 5.32. The predicted octanol–water partition coefficient (Wildman–Crippen LogP) is 1.81. The molecule has 1 amide bonds. The van der Waals surface area contributed by atoms with E-state index < -0.39 is 0 Å². The highest BCUT2D eigenvalue weighted by molar-refractivity contribution is 5.92. The van der Waals surface area contributed by atoms with E-state index in [9.17, 15) is 4.79 Å². The zero-order valence-electron chi connectivity index (χ0n) is 11.7. The highest BCUT2D eigenvalue weighted by atomic mass is 16.4. The molecule has 1 aromatic rings. The van der Waals surface area contributed by atoms with Gasteiger partial charge in [0.25, 0.3) is 0 Å². The summed E-state index contributed by atoms with van der Waals surface area (Å²) in [6.07, 6.45) is 4.05. The summed E-state index contributed by atoms with van der Waals surface area (Å²) >= 11 is 0. The first-order valence-electron chi connectivity index (χ1n) is 6.96. The van der Waals surface area contributed by atoms with Crippen LogP contribution in [0.15, 0.2) is 10.5 Å². The maximum atomic E-state index is 11.5. The molecule has 19 heavy (non-hydrogen) atoms. The van der Waals surface area contributed by atoms with Crippen LogP contribution >= 0.6 is 0 Å². The van der Waals surface area contributed by atoms with Crippen molar-refractivity contribution >= 4 is 5.91 Å². The van der Waals surface area contributed by atoms with E-state index >= 15 is 0 Å². The van der Waals surface area contributed by atoms with E-state index in [1.54, 1.807) is 0 Å². The third-order valence-corrected chi connectivity index (χ3v) is 3.87. The van der Waals surface area contributed by atoms with Gasteiger partial charge in [0, 0.05) is 12.1 Å². The molecule has 0 radical (unpaired) electrons. The largest absolute Gasteiger partial charge is 0.454 e. The molecule has 0 saturated heterocycles. The van der Waals surface area contributed by atoms with Gasteiger partial charge in [-0.15, -0.1) is 0 Å². The molecule has 1 aromatic heterocycles. The van der Waals surface area contributed by atoms with Gasteiger partial charge >= 0.3 is 5.91 Å². The monoisotopic (exact) mass is 265 g/mol. The van der Waals surface area contributed by atoms with Crippen molar-refractivity contribution in [2.24, 2.45) is 11.8 Å². The zero-order valence-corrected chi connectivity index (χ0v) is 11.7. The Balaban J connectivity index is 1.98. The lowest BCUT2D eigenvalue weighted by Gasteiger charge is -2.31. The summed E-state index contributed by atoms with van der Waals surface area (Å²) in [5.74, 6) is 6.75. The molecule has 1 saturated carbocycles. The van der Waals surface area contributed by atoms with Gasteiger partial charge in [0.15, 0.2) is 5.76 Å². The van der Waals surface area contributed by atoms with Gasteiger partial charge in [-0.2, -0.15) is 0 Å². The van der Waals surface area contributed by atoms with Crippen molar-refractivity contribution in [3.8, 4) is 0 Å². The molecule has 0 atom stereocenters. The van der Waals surface area contributed by atoms with Gasteiger partial charge in [-0.1, -0.05) is 13.3 Å². The van der Waals surface area contributed by atoms with Gasteiger partial charge < -0.3 is 4.42 Å². The number of nitrogens with zero attached hydrogens (tertiary/aromatic N) is 1. The lowest BCUT2D eigenvalue weighted by Crippen LogP contribution is -2.32. The summed E-state index contributed by atoms with van der Waals surface area (Å²) in [7, 11) is 0. The van der Waals surface area contributed by atoms with E-state index in [0.717, 1.165) is 36.9 Å². The van der Waals surface area contributed by atoms with Gasteiger partial charge in [-0.3, -0.25) is 15.1 Å². The molecule has 0 aromatic carbocycles. The summed E-state index contributed by atoms with van der Waals surface area (Å²) in [6.45, 7) is 6.89. The number of nitrogens with one attached hydrogen (secondary N) is 1. The van der Waals surface area contributed by atoms with Crippen molar-refractivity contribution < 1.29 is 9.21 Å². The summed E-state index contributed by atoms with van der Waals surface area (Å²) in [5.41, 5.74) is 2.94. The maximum absolute atomic E-state index is 11.5. The third-order valence-electron chi connectivity index (χ3n) is 3.87. The molecule has 1 aliphatic rings. The Kier molecular flexibility index (Phi) is 4.61. The second kappa shape index (κ2) is 6.21. The average molecular weight is 265 g/mol. The minimum Gasteiger partial charge on any atom is -0.454 e. The number of rotatable bonds is 6. The molecule has 1 aliphatic carbocycles. The maximum Gasteiger partial charge on any atom is 0.301 e.